The molecule has 30 heavy (non-hydrogen) atoms. The molecule has 0 spiro atoms. The van der Waals surface area contributed by atoms with Crippen molar-refractivity contribution in [3.05, 3.63) is 74.3 Å². The summed E-state index contributed by atoms with van der Waals surface area (Å²) >= 11 is 0. The molecule has 1 amide bonds. The number of ether oxygens (including phenoxy) is 1. The van der Waals surface area contributed by atoms with E-state index in [9.17, 15) is 19.7 Å². The number of anilines is 1. The van der Waals surface area contributed by atoms with E-state index in [0.717, 1.165) is 5.56 Å². The lowest BCUT2D eigenvalue weighted by Gasteiger charge is -2.08. The molecule has 0 saturated heterocycles. The van der Waals surface area contributed by atoms with Crippen LogP contribution in [-0.4, -0.2) is 31.9 Å². The predicted molar refractivity (Wildman–Crippen MR) is 110 cm³/mol. The molecule has 0 atom stereocenters. The predicted octanol–water partition coefficient (Wildman–Crippen LogP) is 2.66. The van der Waals surface area contributed by atoms with Gasteiger partial charge in [-0.15, -0.1) is 0 Å². The number of pyridine rings is 1. The van der Waals surface area contributed by atoms with Crippen molar-refractivity contribution in [2.75, 3.05) is 12.4 Å². The van der Waals surface area contributed by atoms with Gasteiger partial charge >= 0.3 is 5.69 Å². The van der Waals surface area contributed by atoms with Crippen molar-refractivity contribution in [1.29, 1.82) is 0 Å². The van der Waals surface area contributed by atoms with Crippen LogP contribution in [0.4, 0.5) is 11.4 Å². The molecule has 3 heterocycles. The van der Waals surface area contributed by atoms with Crippen LogP contribution in [0.15, 0.2) is 47.4 Å². The Morgan fingerprint density at radius 3 is 2.70 bits per heavy atom. The van der Waals surface area contributed by atoms with E-state index in [1.807, 2.05) is 13.0 Å². The quantitative estimate of drug-likeness (QED) is 0.410. The zero-order chi connectivity index (χ0) is 21.6. The van der Waals surface area contributed by atoms with Gasteiger partial charge in [-0.1, -0.05) is 6.07 Å². The van der Waals surface area contributed by atoms with Gasteiger partial charge in [0.1, 0.15) is 17.0 Å². The number of nitro benzene ring substituents is 1. The summed E-state index contributed by atoms with van der Waals surface area (Å²) in [6.07, 6.45) is 1.63. The Morgan fingerprint density at radius 2 is 2.00 bits per heavy atom. The van der Waals surface area contributed by atoms with Gasteiger partial charge in [0.05, 0.1) is 17.4 Å². The molecule has 0 radical (unpaired) electrons. The maximum Gasteiger partial charge on any atom is 0.312 e. The molecule has 3 aromatic heterocycles. The van der Waals surface area contributed by atoms with E-state index in [1.54, 1.807) is 19.3 Å². The van der Waals surface area contributed by atoms with Crippen LogP contribution >= 0.6 is 0 Å². The van der Waals surface area contributed by atoms with Gasteiger partial charge in [0.25, 0.3) is 11.5 Å². The first-order chi connectivity index (χ1) is 14.3. The van der Waals surface area contributed by atoms with Gasteiger partial charge in [-0.05, 0) is 36.8 Å². The minimum Gasteiger partial charge on any atom is -0.490 e. The van der Waals surface area contributed by atoms with E-state index in [0.29, 0.717) is 16.7 Å². The lowest BCUT2D eigenvalue weighted by molar-refractivity contribution is -0.385. The first kappa shape index (κ1) is 19.1. The second kappa shape index (κ2) is 6.99. The zero-order valence-corrected chi connectivity index (χ0v) is 16.4. The number of carbonyl (C=O) groups excluding carboxylic acids is 1. The highest BCUT2D eigenvalue weighted by Crippen LogP contribution is 2.30. The third-order valence-electron chi connectivity index (χ3n) is 4.89. The van der Waals surface area contributed by atoms with E-state index in [-0.39, 0.29) is 28.4 Å². The first-order valence-electron chi connectivity index (χ1n) is 8.93. The van der Waals surface area contributed by atoms with Crippen LogP contribution in [0.25, 0.3) is 16.7 Å². The molecule has 4 aromatic rings. The second-order valence-electron chi connectivity index (χ2n) is 6.73. The smallest absolute Gasteiger partial charge is 0.312 e. The highest BCUT2D eigenvalue weighted by molar-refractivity contribution is 6.06. The van der Waals surface area contributed by atoms with Gasteiger partial charge in [0.2, 0.25) is 0 Å². The van der Waals surface area contributed by atoms with Crippen LogP contribution in [0, 0.1) is 17.0 Å². The molecule has 1 aromatic carbocycles. The molecular formula is C20H17N5O5. The Hall–Kier alpha value is -4.21. The molecule has 0 bridgehead atoms. The monoisotopic (exact) mass is 407 g/mol. The van der Waals surface area contributed by atoms with E-state index in [1.165, 1.54) is 40.3 Å². The maximum absolute atomic E-state index is 12.9. The first-order valence-corrected chi connectivity index (χ1v) is 8.93. The number of aryl methyl sites for hydroxylation is 2. The van der Waals surface area contributed by atoms with Crippen molar-refractivity contribution in [3.8, 4) is 5.75 Å². The number of rotatable bonds is 4. The van der Waals surface area contributed by atoms with E-state index >= 15 is 0 Å². The molecule has 0 saturated carbocycles. The molecule has 0 unspecified atom stereocenters. The SMILES string of the molecule is COc1ccc(NC(=O)c2cc3c(=O)n4cccc(C)c4nc3n2C)cc1[N+](=O)[O-]. The summed E-state index contributed by atoms with van der Waals surface area (Å²) in [5, 5.41) is 14.1. The van der Waals surface area contributed by atoms with Gasteiger partial charge in [0.15, 0.2) is 5.75 Å². The van der Waals surface area contributed by atoms with Gasteiger partial charge < -0.3 is 14.6 Å². The molecule has 0 aliphatic heterocycles. The van der Waals surface area contributed by atoms with E-state index in [4.69, 9.17) is 4.74 Å². The number of hydrogen-bond acceptors (Lipinski definition) is 6. The van der Waals surface area contributed by atoms with Crippen LogP contribution in [-0.2, 0) is 7.05 Å². The minimum absolute atomic E-state index is 0.0851. The molecule has 0 aliphatic rings. The normalized spacial score (nSPS) is 11.0. The molecule has 152 valence electrons. The van der Waals surface area contributed by atoms with Gasteiger partial charge in [-0.3, -0.25) is 24.1 Å². The summed E-state index contributed by atoms with van der Waals surface area (Å²) < 4.78 is 7.93. The number of fused-ring (bicyclic) bond motifs is 2. The molecule has 0 aliphatic carbocycles. The highest BCUT2D eigenvalue weighted by Gasteiger charge is 2.20. The van der Waals surface area contributed by atoms with Crippen molar-refractivity contribution in [3.63, 3.8) is 0 Å². The number of amides is 1. The fourth-order valence-corrected chi connectivity index (χ4v) is 3.35. The summed E-state index contributed by atoms with van der Waals surface area (Å²) in [4.78, 5) is 40.9. The van der Waals surface area contributed by atoms with Crippen molar-refractivity contribution < 1.29 is 14.5 Å². The van der Waals surface area contributed by atoms with Crippen LogP contribution in [0.1, 0.15) is 16.1 Å². The molecular weight excluding hydrogens is 390 g/mol. The Kier molecular flexibility index (Phi) is 4.46. The maximum atomic E-state index is 12.9. The third kappa shape index (κ3) is 2.94. The van der Waals surface area contributed by atoms with E-state index in [2.05, 4.69) is 10.3 Å². The fraction of sp³-hybridized carbons (Fsp3) is 0.150. The highest BCUT2D eigenvalue weighted by atomic mass is 16.6. The van der Waals surface area contributed by atoms with Crippen LogP contribution < -0.4 is 15.6 Å². The number of hydrogen-bond donors (Lipinski definition) is 1. The number of nitrogens with zero attached hydrogens (tertiary/aromatic N) is 4. The molecule has 1 N–H and O–H groups in total. The summed E-state index contributed by atoms with van der Waals surface area (Å²) in [7, 11) is 2.96. The number of aromatic nitrogens is 3. The van der Waals surface area contributed by atoms with Gasteiger partial charge in [-0.2, -0.15) is 0 Å². The van der Waals surface area contributed by atoms with E-state index < -0.39 is 10.8 Å². The molecule has 10 nitrogen and oxygen atoms in total. The molecule has 10 heteroatoms. The van der Waals surface area contributed by atoms with Crippen molar-refractivity contribution >= 4 is 34.0 Å². The minimum atomic E-state index is -0.593. The van der Waals surface area contributed by atoms with Crippen LogP contribution in [0.3, 0.4) is 0 Å². The van der Waals surface area contributed by atoms with Crippen LogP contribution in [0.5, 0.6) is 5.75 Å². The molecule has 4 rings (SSSR count). The zero-order valence-electron chi connectivity index (χ0n) is 16.4. The summed E-state index contributed by atoms with van der Waals surface area (Å²) in [6, 6.07) is 9.18. The fourth-order valence-electron chi connectivity index (χ4n) is 3.35. The van der Waals surface area contributed by atoms with Crippen molar-refractivity contribution in [2.24, 2.45) is 7.05 Å². The Bertz CT molecular complexity index is 1400. The average molecular weight is 407 g/mol. The average Bonchev–Trinajstić information content (AvgIpc) is 3.06. The number of nitrogens with one attached hydrogen (secondary N) is 1. The number of carbonyl (C=O) groups is 1. The van der Waals surface area contributed by atoms with Gasteiger partial charge in [-0.25, -0.2) is 4.98 Å². The number of methoxy groups -OCH3 is 1. The largest absolute Gasteiger partial charge is 0.490 e. The lowest BCUT2D eigenvalue weighted by atomic mass is 10.2. The van der Waals surface area contributed by atoms with Gasteiger partial charge in [0, 0.05) is 25.0 Å². The summed E-state index contributed by atoms with van der Waals surface area (Å²) in [5.41, 5.74) is 1.58. The Labute approximate surface area is 169 Å². The third-order valence-corrected chi connectivity index (χ3v) is 4.89. The Balaban J connectivity index is 1.78. The number of benzene rings is 1. The number of nitro groups is 1. The van der Waals surface area contributed by atoms with Crippen molar-refractivity contribution in [1.82, 2.24) is 14.0 Å². The summed E-state index contributed by atoms with van der Waals surface area (Å²) in [5.74, 6) is -0.443. The van der Waals surface area contributed by atoms with Crippen LogP contribution in [0.2, 0.25) is 0 Å². The molecule has 0 fully saturated rings. The lowest BCUT2D eigenvalue weighted by Crippen LogP contribution is -2.16. The van der Waals surface area contributed by atoms with Crippen molar-refractivity contribution in [2.45, 2.75) is 6.92 Å². The standard InChI is InChI=1S/C20H17N5O5/c1-11-5-4-8-24-17(11)22-18-13(20(24)27)10-15(23(18)2)19(26)21-12-6-7-16(30-3)14(9-12)25(28)29/h4-10H,1-3H3,(H,21,26). The second-order valence-corrected chi connectivity index (χ2v) is 6.73. The topological polar surface area (TPSA) is 121 Å². The Morgan fingerprint density at radius 1 is 1.23 bits per heavy atom. The summed E-state index contributed by atoms with van der Waals surface area (Å²) in [6.45, 7) is 1.85.